The number of rotatable bonds is 7. The van der Waals surface area contributed by atoms with Crippen LogP contribution >= 0.6 is 12.2 Å². The summed E-state index contributed by atoms with van der Waals surface area (Å²) in [6, 6.07) is 6.00. The number of aryl methyl sites for hydroxylation is 1. The highest BCUT2D eigenvalue weighted by atomic mass is 32.1. The number of benzene rings is 1. The molecule has 3 nitrogen and oxygen atoms in total. The second-order valence-corrected chi connectivity index (χ2v) is 5.23. The average Bonchev–Trinajstić information content (AvgIpc) is 2.27. The summed E-state index contributed by atoms with van der Waals surface area (Å²) in [5.74, 6) is 0.581. The summed E-state index contributed by atoms with van der Waals surface area (Å²) >= 11 is 4.98. The van der Waals surface area contributed by atoms with Crippen LogP contribution in [0.2, 0.25) is 0 Å². The first-order valence-electron chi connectivity index (χ1n) is 6.22. The molecule has 0 aromatic heterocycles. The van der Waals surface area contributed by atoms with E-state index in [4.69, 9.17) is 22.7 Å². The molecular weight excluding hydrogens is 244 g/mol. The quantitative estimate of drug-likeness (QED) is 0.588. The van der Waals surface area contributed by atoms with Gasteiger partial charge in [0.25, 0.3) is 0 Å². The number of anilines is 1. The highest BCUT2D eigenvalue weighted by Crippen LogP contribution is 2.14. The lowest BCUT2D eigenvalue weighted by atomic mass is 10.1. The van der Waals surface area contributed by atoms with Crippen LogP contribution in [0.15, 0.2) is 18.2 Å². The van der Waals surface area contributed by atoms with Gasteiger partial charge in [-0.05, 0) is 36.6 Å². The van der Waals surface area contributed by atoms with Gasteiger partial charge in [0.2, 0.25) is 0 Å². The summed E-state index contributed by atoms with van der Waals surface area (Å²) in [7, 11) is 0. The predicted octanol–water partition coefficient (Wildman–Crippen LogP) is 2.71. The van der Waals surface area contributed by atoms with Crippen molar-refractivity contribution in [1.29, 1.82) is 0 Å². The van der Waals surface area contributed by atoms with Gasteiger partial charge >= 0.3 is 0 Å². The van der Waals surface area contributed by atoms with Gasteiger partial charge < -0.3 is 15.8 Å². The molecule has 3 N–H and O–H groups in total. The molecule has 1 rings (SSSR count). The zero-order valence-corrected chi connectivity index (χ0v) is 12.1. The lowest BCUT2D eigenvalue weighted by molar-refractivity contribution is 0.118. The lowest BCUT2D eigenvalue weighted by Gasteiger charge is -2.11. The van der Waals surface area contributed by atoms with E-state index in [0.717, 1.165) is 30.0 Å². The van der Waals surface area contributed by atoms with Crippen molar-refractivity contribution < 1.29 is 4.74 Å². The summed E-state index contributed by atoms with van der Waals surface area (Å²) in [6.45, 7) is 8.62. The Morgan fingerprint density at radius 1 is 1.44 bits per heavy atom. The van der Waals surface area contributed by atoms with E-state index in [-0.39, 0.29) is 0 Å². The maximum Gasteiger partial charge on any atom is 0.104 e. The van der Waals surface area contributed by atoms with Crippen molar-refractivity contribution >= 4 is 22.9 Å². The van der Waals surface area contributed by atoms with Gasteiger partial charge in [0, 0.05) is 24.4 Å². The molecule has 0 spiro atoms. The van der Waals surface area contributed by atoms with Crippen LogP contribution in [0, 0.1) is 12.8 Å². The van der Waals surface area contributed by atoms with Gasteiger partial charge in [-0.3, -0.25) is 0 Å². The third kappa shape index (κ3) is 5.02. The van der Waals surface area contributed by atoms with Gasteiger partial charge in [0.05, 0.1) is 6.61 Å². The minimum atomic E-state index is 0.444. The van der Waals surface area contributed by atoms with Crippen LogP contribution < -0.4 is 11.1 Å². The fourth-order valence-corrected chi connectivity index (χ4v) is 1.87. The molecule has 4 heteroatoms. The molecule has 1 aromatic rings. The molecule has 0 saturated heterocycles. The number of nitrogens with two attached hydrogens (primary N) is 1. The van der Waals surface area contributed by atoms with Gasteiger partial charge in [-0.2, -0.15) is 0 Å². The Morgan fingerprint density at radius 3 is 2.72 bits per heavy atom. The van der Waals surface area contributed by atoms with E-state index in [1.165, 1.54) is 0 Å². The Hall–Kier alpha value is -1.13. The molecule has 100 valence electrons. The Kier molecular flexibility index (Phi) is 6.09. The molecule has 0 aliphatic heterocycles. The molecule has 1 aromatic carbocycles. The highest BCUT2D eigenvalue weighted by Gasteiger charge is 2.02. The number of hydrogen-bond donors (Lipinski definition) is 2. The fourth-order valence-electron chi connectivity index (χ4n) is 1.64. The van der Waals surface area contributed by atoms with Crippen LogP contribution in [-0.4, -0.2) is 24.7 Å². The monoisotopic (exact) mass is 266 g/mol. The van der Waals surface area contributed by atoms with Gasteiger partial charge in [-0.1, -0.05) is 26.1 Å². The first-order valence-corrected chi connectivity index (χ1v) is 6.63. The summed E-state index contributed by atoms with van der Waals surface area (Å²) in [6.07, 6.45) is 0. The van der Waals surface area contributed by atoms with Gasteiger partial charge in [0.15, 0.2) is 0 Å². The van der Waals surface area contributed by atoms with Crippen LogP contribution in [0.4, 0.5) is 5.69 Å². The van der Waals surface area contributed by atoms with E-state index < -0.39 is 0 Å². The SMILES string of the molecule is Cc1cc(NCCOCC(C)C)ccc1C(N)=S. The topological polar surface area (TPSA) is 47.3 Å². The van der Waals surface area contributed by atoms with Gasteiger partial charge in [-0.25, -0.2) is 0 Å². The van der Waals surface area contributed by atoms with Crippen molar-refractivity contribution in [3.63, 3.8) is 0 Å². The molecule has 0 fully saturated rings. The number of nitrogens with one attached hydrogen (secondary N) is 1. The van der Waals surface area contributed by atoms with Crippen molar-refractivity contribution in [3.05, 3.63) is 29.3 Å². The highest BCUT2D eigenvalue weighted by molar-refractivity contribution is 7.80. The van der Waals surface area contributed by atoms with Crippen LogP contribution in [0.5, 0.6) is 0 Å². The largest absolute Gasteiger partial charge is 0.389 e. The second kappa shape index (κ2) is 7.34. The first kappa shape index (κ1) is 14.9. The Labute approximate surface area is 115 Å². The maximum atomic E-state index is 5.62. The molecule has 0 amide bonds. The standard InChI is InChI=1S/C14H22N2OS/c1-10(2)9-17-7-6-16-12-4-5-13(14(15)18)11(3)8-12/h4-5,8,10,16H,6-7,9H2,1-3H3,(H2,15,18). The lowest BCUT2D eigenvalue weighted by Crippen LogP contribution is -2.13. The predicted molar refractivity (Wildman–Crippen MR) is 81.2 cm³/mol. The van der Waals surface area contributed by atoms with Crippen LogP contribution in [-0.2, 0) is 4.74 Å². The molecule has 0 heterocycles. The summed E-state index contributed by atoms with van der Waals surface area (Å²) < 4.78 is 5.51. The van der Waals surface area contributed by atoms with Crippen LogP contribution in [0.25, 0.3) is 0 Å². The van der Waals surface area contributed by atoms with Crippen LogP contribution in [0.1, 0.15) is 25.0 Å². The molecular formula is C14H22N2OS. The van der Waals surface area contributed by atoms with E-state index in [2.05, 4.69) is 25.2 Å². The third-order valence-corrected chi connectivity index (χ3v) is 2.74. The Morgan fingerprint density at radius 2 is 2.17 bits per heavy atom. The molecule has 0 bridgehead atoms. The Balaban J connectivity index is 2.39. The van der Waals surface area contributed by atoms with Crippen molar-refractivity contribution in [2.45, 2.75) is 20.8 Å². The smallest absolute Gasteiger partial charge is 0.104 e. The molecule has 0 unspecified atom stereocenters. The minimum Gasteiger partial charge on any atom is -0.389 e. The fraction of sp³-hybridized carbons (Fsp3) is 0.500. The van der Waals surface area contributed by atoms with E-state index in [9.17, 15) is 0 Å². The van der Waals surface area contributed by atoms with Crippen molar-refractivity contribution in [1.82, 2.24) is 0 Å². The minimum absolute atomic E-state index is 0.444. The van der Waals surface area contributed by atoms with Gasteiger partial charge in [0.1, 0.15) is 4.99 Å². The molecule has 0 aliphatic carbocycles. The average molecular weight is 266 g/mol. The van der Waals surface area contributed by atoms with Gasteiger partial charge in [-0.15, -0.1) is 0 Å². The molecule has 18 heavy (non-hydrogen) atoms. The third-order valence-electron chi connectivity index (χ3n) is 2.52. The summed E-state index contributed by atoms with van der Waals surface area (Å²) in [5.41, 5.74) is 8.72. The van der Waals surface area contributed by atoms with Crippen molar-refractivity contribution in [2.24, 2.45) is 11.7 Å². The van der Waals surface area contributed by atoms with Crippen LogP contribution in [0.3, 0.4) is 0 Å². The molecule has 0 saturated carbocycles. The zero-order chi connectivity index (χ0) is 13.5. The van der Waals surface area contributed by atoms with E-state index >= 15 is 0 Å². The number of hydrogen-bond acceptors (Lipinski definition) is 3. The molecule has 0 radical (unpaired) electrons. The van der Waals surface area contributed by atoms with E-state index in [1.807, 2.05) is 19.1 Å². The summed E-state index contributed by atoms with van der Waals surface area (Å²) in [4.78, 5) is 0.444. The zero-order valence-electron chi connectivity index (χ0n) is 11.3. The van der Waals surface area contributed by atoms with E-state index in [1.54, 1.807) is 0 Å². The normalized spacial score (nSPS) is 10.7. The first-order chi connectivity index (χ1) is 8.50. The van der Waals surface area contributed by atoms with Crippen molar-refractivity contribution in [2.75, 3.05) is 25.1 Å². The number of thiocarbonyl (C=S) groups is 1. The summed E-state index contributed by atoms with van der Waals surface area (Å²) in [5, 5.41) is 3.32. The van der Waals surface area contributed by atoms with E-state index in [0.29, 0.717) is 17.5 Å². The Bertz CT molecular complexity index is 405. The van der Waals surface area contributed by atoms with Crippen molar-refractivity contribution in [3.8, 4) is 0 Å². The maximum absolute atomic E-state index is 5.62. The molecule has 0 aliphatic rings. The second-order valence-electron chi connectivity index (χ2n) is 4.79. The number of ether oxygens (including phenoxy) is 1. The molecule has 0 atom stereocenters.